The summed E-state index contributed by atoms with van der Waals surface area (Å²) in [5.74, 6) is -4.16. The van der Waals surface area contributed by atoms with Crippen molar-refractivity contribution in [2.24, 2.45) is 0 Å². The lowest BCUT2D eigenvalue weighted by Gasteiger charge is -2.38. The fourth-order valence-corrected chi connectivity index (χ4v) is 6.00. The van der Waals surface area contributed by atoms with Gasteiger partial charge >= 0.3 is 12.4 Å². The topological polar surface area (TPSA) is 84.0 Å². The number of nitrogens with zero attached hydrogens (tertiary/aromatic N) is 2. The van der Waals surface area contributed by atoms with Gasteiger partial charge in [-0.25, -0.2) is 4.42 Å². The van der Waals surface area contributed by atoms with E-state index < -0.39 is 59.1 Å². The predicted molar refractivity (Wildman–Crippen MR) is 84.7 cm³/mol. The normalized spacial score (nSPS) is 15.6. The molecule has 0 N–H and O–H groups in total. The third-order valence-electron chi connectivity index (χ3n) is 3.18. The highest BCUT2D eigenvalue weighted by Crippen LogP contribution is 2.50. The van der Waals surface area contributed by atoms with E-state index in [0.29, 0.717) is 0 Å². The molecule has 0 spiro atoms. The Bertz CT molecular complexity index is 722. The predicted octanol–water partition coefficient (Wildman–Crippen LogP) is 3.00. The van der Waals surface area contributed by atoms with E-state index in [0.717, 1.165) is 4.42 Å². The average molecular weight is 514 g/mol. The SMILES string of the molecule is CN(Cl)C(C)(C)CS(=O)(=O)OS(=O)(=O)CC(N(Cl)Cl)(C(F)(F)F)C(F)(F)F. The van der Waals surface area contributed by atoms with Gasteiger partial charge in [0.2, 0.25) is 0 Å². The van der Waals surface area contributed by atoms with Gasteiger partial charge in [0.15, 0.2) is 0 Å². The number of rotatable bonds is 8. The largest absolute Gasteiger partial charge is 0.419 e. The molecule has 0 saturated carbocycles. The van der Waals surface area contributed by atoms with Crippen LogP contribution in [-0.2, 0) is 23.9 Å². The summed E-state index contributed by atoms with van der Waals surface area (Å²) in [6, 6.07) is 0. The van der Waals surface area contributed by atoms with Crippen molar-refractivity contribution in [3.8, 4) is 0 Å². The van der Waals surface area contributed by atoms with Gasteiger partial charge in [0.05, 0.1) is 5.75 Å². The van der Waals surface area contributed by atoms with Gasteiger partial charge in [-0.2, -0.15) is 43.2 Å². The quantitative estimate of drug-likeness (QED) is 0.364. The van der Waals surface area contributed by atoms with Crippen LogP contribution in [-0.4, -0.2) is 67.2 Å². The summed E-state index contributed by atoms with van der Waals surface area (Å²) in [5.41, 5.74) is -6.84. The Balaban J connectivity index is 6.04. The van der Waals surface area contributed by atoms with Gasteiger partial charge in [-0.15, -0.1) is 7.57 Å². The van der Waals surface area contributed by atoms with E-state index in [4.69, 9.17) is 11.8 Å². The van der Waals surface area contributed by atoms with E-state index >= 15 is 0 Å². The maximum absolute atomic E-state index is 13.0. The molecular formula is C9H13Cl3F6N2O5S2. The molecule has 0 aromatic carbocycles. The van der Waals surface area contributed by atoms with Crippen LogP contribution in [0.3, 0.4) is 0 Å². The van der Waals surface area contributed by atoms with Crippen molar-refractivity contribution in [2.45, 2.75) is 37.3 Å². The number of halogens is 9. The Kier molecular flexibility index (Phi) is 8.23. The molecule has 0 aliphatic heterocycles. The first-order chi connectivity index (χ1) is 11.5. The van der Waals surface area contributed by atoms with E-state index in [-0.39, 0.29) is 0 Å². The highest BCUT2D eigenvalue weighted by atomic mass is 35.5. The maximum Gasteiger partial charge on any atom is 0.419 e. The highest BCUT2D eigenvalue weighted by molar-refractivity contribution is 7.99. The molecule has 0 radical (unpaired) electrons. The monoisotopic (exact) mass is 512 g/mol. The van der Waals surface area contributed by atoms with Gasteiger partial charge in [-0.3, -0.25) is 0 Å². The van der Waals surface area contributed by atoms with Gasteiger partial charge in [0.25, 0.3) is 25.8 Å². The molecular weight excluding hydrogens is 501 g/mol. The second-order valence-corrected chi connectivity index (χ2v) is 10.6. The summed E-state index contributed by atoms with van der Waals surface area (Å²) in [4.78, 5) is 0. The summed E-state index contributed by atoms with van der Waals surface area (Å²) < 4.78 is 128. The lowest BCUT2D eigenvalue weighted by molar-refractivity contribution is -0.310. The van der Waals surface area contributed by atoms with Crippen LogP contribution in [0.15, 0.2) is 0 Å². The zero-order chi connectivity index (χ0) is 22.3. The van der Waals surface area contributed by atoms with E-state index in [1.54, 1.807) is 0 Å². The zero-order valence-corrected chi connectivity index (χ0v) is 17.5. The summed E-state index contributed by atoms with van der Waals surface area (Å²) in [7, 11) is -10.0. The van der Waals surface area contributed by atoms with Crippen molar-refractivity contribution in [1.82, 2.24) is 8.36 Å². The summed E-state index contributed by atoms with van der Waals surface area (Å²) in [6.07, 6.45) is -12.7. The van der Waals surface area contributed by atoms with Crippen LogP contribution in [0.25, 0.3) is 0 Å². The standard InChI is InChI=1S/C9H13Cl3F6N2O5S2/c1-6(2,19(3)10)4-26(21,22)25-27(23,24)5-7(20(11)12,8(13,14)15)9(16,17)18/h4-5H2,1-3H3. The van der Waals surface area contributed by atoms with Crippen molar-refractivity contribution >= 4 is 55.6 Å². The van der Waals surface area contributed by atoms with E-state index in [2.05, 4.69) is 27.2 Å². The number of hydrogen-bond acceptors (Lipinski definition) is 7. The van der Waals surface area contributed by atoms with Crippen LogP contribution in [0.5, 0.6) is 0 Å². The molecule has 0 amide bonds. The Hall–Kier alpha value is 0.230. The van der Waals surface area contributed by atoms with Crippen LogP contribution in [0.1, 0.15) is 13.8 Å². The van der Waals surface area contributed by atoms with Gasteiger partial charge < -0.3 is 0 Å². The Morgan fingerprint density at radius 3 is 1.41 bits per heavy atom. The van der Waals surface area contributed by atoms with Crippen molar-refractivity contribution < 1.29 is 46.8 Å². The Labute approximate surface area is 166 Å². The fourth-order valence-electron chi connectivity index (χ4n) is 1.55. The lowest BCUT2D eigenvalue weighted by atomic mass is 10.0. The highest BCUT2D eigenvalue weighted by Gasteiger charge is 2.76. The fraction of sp³-hybridized carbons (Fsp3) is 1.00. The molecule has 0 fully saturated rings. The third-order valence-corrected chi connectivity index (χ3v) is 7.71. The summed E-state index contributed by atoms with van der Waals surface area (Å²) >= 11 is 14.9. The molecule has 0 aliphatic rings. The molecule has 0 heterocycles. The van der Waals surface area contributed by atoms with Gasteiger partial charge in [0.1, 0.15) is 5.75 Å². The first-order valence-electron chi connectivity index (χ1n) is 6.32. The summed E-state index contributed by atoms with van der Waals surface area (Å²) in [6.45, 7) is 2.37. The van der Waals surface area contributed by atoms with Crippen LogP contribution < -0.4 is 0 Å². The molecule has 0 aliphatic carbocycles. The third kappa shape index (κ3) is 6.62. The molecule has 27 heavy (non-hydrogen) atoms. The smallest absolute Gasteiger partial charge is 0.217 e. The molecule has 18 heteroatoms. The molecule has 0 atom stereocenters. The zero-order valence-electron chi connectivity index (χ0n) is 13.6. The minimum atomic E-state index is -6.37. The number of alkyl halides is 6. The van der Waals surface area contributed by atoms with E-state index in [1.807, 2.05) is 0 Å². The minimum absolute atomic E-state index is 0.787. The van der Waals surface area contributed by atoms with Crippen LogP contribution in [0.4, 0.5) is 26.3 Å². The van der Waals surface area contributed by atoms with Crippen molar-refractivity contribution in [2.75, 3.05) is 18.6 Å². The van der Waals surface area contributed by atoms with Crippen LogP contribution in [0, 0.1) is 0 Å². The van der Waals surface area contributed by atoms with Crippen molar-refractivity contribution in [1.29, 1.82) is 0 Å². The van der Waals surface area contributed by atoms with Crippen LogP contribution in [0.2, 0.25) is 0 Å². The maximum atomic E-state index is 13.0. The average Bonchev–Trinajstić information content (AvgIpc) is 2.29. The molecule has 0 bridgehead atoms. The minimum Gasteiger partial charge on any atom is -0.217 e. The van der Waals surface area contributed by atoms with Gasteiger partial charge in [-0.1, -0.05) is 0 Å². The van der Waals surface area contributed by atoms with E-state index in [9.17, 15) is 43.2 Å². The van der Waals surface area contributed by atoms with E-state index in [1.165, 1.54) is 20.9 Å². The summed E-state index contributed by atoms with van der Waals surface area (Å²) in [5, 5.41) is 0. The number of hydrogen-bond donors (Lipinski definition) is 0. The van der Waals surface area contributed by atoms with Crippen molar-refractivity contribution in [3.63, 3.8) is 0 Å². The van der Waals surface area contributed by atoms with Gasteiger partial charge in [-0.05, 0) is 49.2 Å². The Morgan fingerprint density at radius 1 is 0.815 bits per heavy atom. The van der Waals surface area contributed by atoms with Crippen LogP contribution >= 0.6 is 35.3 Å². The molecule has 0 rings (SSSR count). The first kappa shape index (κ1) is 27.2. The molecule has 0 saturated heterocycles. The Morgan fingerprint density at radius 2 is 1.15 bits per heavy atom. The molecule has 0 aromatic heterocycles. The molecule has 0 aromatic rings. The molecule has 7 nitrogen and oxygen atoms in total. The lowest BCUT2D eigenvalue weighted by Crippen LogP contribution is -2.66. The second-order valence-electron chi connectivity index (χ2n) is 5.85. The molecule has 0 unspecified atom stereocenters. The molecule has 164 valence electrons. The van der Waals surface area contributed by atoms with Gasteiger partial charge in [0, 0.05) is 12.6 Å². The first-order valence-corrected chi connectivity index (χ1v) is 10.5. The second kappa shape index (κ2) is 8.16. The van der Waals surface area contributed by atoms with Crippen molar-refractivity contribution in [3.05, 3.63) is 0 Å².